The van der Waals surface area contributed by atoms with Gasteiger partial charge in [0.25, 0.3) is 5.91 Å². The predicted octanol–water partition coefficient (Wildman–Crippen LogP) is 2.46. The van der Waals surface area contributed by atoms with Crippen LogP contribution in [0.25, 0.3) is 0 Å². The van der Waals surface area contributed by atoms with Gasteiger partial charge in [-0.1, -0.05) is 42.5 Å². The van der Waals surface area contributed by atoms with Gasteiger partial charge in [0.2, 0.25) is 10.0 Å². The quantitative estimate of drug-likeness (QED) is 0.515. The van der Waals surface area contributed by atoms with Gasteiger partial charge in [0.05, 0.1) is 17.1 Å². The molecule has 3 aliphatic rings. The number of hydrogen-bond acceptors (Lipinski definition) is 7. The Labute approximate surface area is 221 Å². The van der Waals surface area contributed by atoms with Crippen LogP contribution in [0.5, 0.6) is 0 Å². The summed E-state index contributed by atoms with van der Waals surface area (Å²) in [6.07, 6.45) is 0.0835. The molecule has 0 aromatic heterocycles. The summed E-state index contributed by atoms with van der Waals surface area (Å²) in [5, 5.41) is 16.9. The van der Waals surface area contributed by atoms with E-state index in [1.807, 2.05) is 44.2 Å². The van der Waals surface area contributed by atoms with Crippen molar-refractivity contribution in [1.82, 2.24) is 0 Å². The number of fused-ring (bicyclic) bond motifs is 2. The number of rotatable bonds is 5. The van der Waals surface area contributed by atoms with Crippen molar-refractivity contribution in [3.05, 3.63) is 89.5 Å². The van der Waals surface area contributed by atoms with Crippen molar-refractivity contribution in [2.75, 3.05) is 22.9 Å². The molecule has 0 spiro atoms. The van der Waals surface area contributed by atoms with Crippen molar-refractivity contribution >= 4 is 27.3 Å². The summed E-state index contributed by atoms with van der Waals surface area (Å²) >= 11 is 0. The summed E-state index contributed by atoms with van der Waals surface area (Å²) < 4.78 is 35.3. The number of nitrogens with zero attached hydrogens (tertiary/aromatic N) is 2. The van der Waals surface area contributed by atoms with Gasteiger partial charge >= 0.3 is 0 Å². The number of aliphatic hydroxyl groups is 1. The topological polar surface area (TPSA) is 122 Å². The van der Waals surface area contributed by atoms with Crippen molar-refractivity contribution in [3.63, 3.8) is 0 Å². The largest absolute Gasteiger partial charge is 0.372 e. The number of carbonyl (C=O) groups excluding carboxylic acids is 1. The number of para-hydroxylation sites is 1. The zero-order valence-corrected chi connectivity index (χ0v) is 21.9. The van der Waals surface area contributed by atoms with Crippen LogP contribution in [-0.2, 0) is 36.4 Å². The molecule has 3 aliphatic heterocycles. The second-order valence-corrected chi connectivity index (χ2v) is 12.0. The number of hydrogen-bond donors (Lipinski definition) is 2. The first-order valence-corrected chi connectivity index (χ1v) is 14.0. The molecule has 9 nitrogen and oxygen atoms in total. The molecule has 2 fully saturated rings. The fourth-order valence-corrected chi connectivity index (χ4v) is 6.20. The Kier molecular flexibility index (Phi) is 5.68. The van der Waals surface area contributed by atoms with Crippen LogP contribution in [-0.4, -0.2) is 50.5 Å². The van der Waals surface area contributed by atoms with E-state index in [2.05, 4.69) is 4.90 Å². The second kappa shape index (κ2) is 8.62. The molecule has 0 radical (unpaired) electrons. The van der Waals surface area contributed by atoms with Gasteiger partial charge < -0.3 is 24.4 Å². The molecule has 2 saturated heterocycles. The molecule has 3 N–H and O–H groups in total. The number of anilines is 2. The Hall–Kier alpha value is -3.28. The number of benzene rings is 3. The molecule has 0 bridgehead atoms. The molecule has 3 aromatic carbocycles. The lowest BCUT2D eigenvalue weighted by Crippen LogP contribution is -2.40. The molecule has 3 aromatic rings. The zero-order chi connectivity index (χ0) is 26.9. The van der Waals surface area contributed by atoms with Gasteiger partial charge in [-0.05, 0) is 55.3 Å². The Bertz CT molecular complexity index is 1490. The second-order valence-electron chi connectivity index (χ2n) is 10.5. The van der Waals surface area contributed by atoms with Crippen molar-refractivity contribution in [2.24, 2.45) is 5.14 Å². The van der Waals surface area contributed by atoms with E-state index in [1.165, 1.54) is 24.3 Å². The third-order valence-electron chi connectivity index (χ3n) is 7.47. The summed E-state index contributed by atoms with van der Waals surface area (Å²) in [7, 11) is -3.90. The Morgan fingerprint density at radius 2 is 1.55 bits per heavy atom. The number of carbonyl (C=O) groups is 1. The molecule has 6 rings (SSSR count). The lowest BCUT2D eigenvalue weighted by atomic mass is 9.87. The highest BCUT2D eigenvalue weighted by atomic mass is 32.2. The van der Waals surface area contributed by atoms with Gasteiger partial charge in [-0.25, -0.2) is 13.6 Å². The molecule has 3 atom stereocenters. The van der Waals surface area contributed by atoms with Crippen LogP contribution in [0.15, 0.2) is 77.7 Å². The third-order valence-corrected chi connectivity index (χ3v) is 8.40. The first-order valence-electron chi connectivity index (χ1n) is 12.4. The van der Waals surface area contributed by atoms with Crippen LogP contribution in [0.2, 0.25) is 0 Å². The van der Waals surface area contributed by atoms with Gasteiger partial charge in [-0.2, -0.15) is 0 Å². The average Bonchev–Trinajstić information content (AvgIpc) is 3.46. The van der Waals surface area contributed by atoms with Crippen LogP contribution in [0, 0.1) is 0 Å². The summed E-state index contributed by atoms with van der Waals surface area (Å²) in [5.74, 6) is -1.05. The van der Waals surface area contributed by atoms with Crippen molar-refractivity contribution in [1.29, 1.82) is 0 Å². The fraction of sp³-hybridized carbons (Fsp3) is 0.321. The summed E-state index contributed by atoms with van der Waals surface area (Å²) in [6.45, 7) is 5.64. The minimum atomic E-state index is -3.90. The van der Waals surface area contributed by atoms with Crippen LogP contribution < -0.4 is 14.9 Å². The van der Waals surface area contributed by atoms with E-state index in [1.54, 1.807) is 23.1 Å². The van der Waals surface area contributed by atoms with Crippen molar-refractivity contribution in [3.8, 4) is 0 Å². The highest BCUT2D eigenvalue weighted by Crippen LogP contribution is 2.45. The number of amides is 1. The SMILES string of the molecule is CC1(C)O[C@H]2CN(c3ccc(CN4C(=O)C(O)(c5ccc(S(N)(=O)=O)cc5)c5ccccc54)cc3)C[C@H]2O1. The van der Waals surface area contributed by atoms with E-state index in [4.69, 9.17) is 14.6 Å². The summed E-state index contributed by atoms with van der Waals surface area (Å²) in [5.41, 5.74) is 1.31. The summed E-state index contributed by atoms with van der Waals surface area (Å²) in [4.78, 5) is 17.4. The average molecular weight is 536 g/mol. The van der Waals surface area contributed by atoms with E-state index < -0.39 is 27.3 Å². The lowest BCUT2D eigenvalue weighted by Gasteiger charge is -2.25. The maximum atomic E-state index is 13.7. The maximum absolute atomic E-state index is 13.7. The fourth-order valence-electron chi connectivity index (χ4n) is 5.69. The molecule has 0 saturated carbocycles. The van der Waals surface area contributed by atoms with Gasteiger partial charge in [-0.3, -0.25) is 4.79 Å². The van der Waals surface area contributed by atoms with Gasteiger partial charge in [0.1, 0.15) is 12.2 Å². The molecule has 1 unspecified atom stereocenters. The van der Waals surface area contributed by atoms with Crippen LogP contribution in [0.3, 0.4) is 0 Å². The molecule has 3 heterocycles. The molecule has 1 amide bonds. The third kappa shape index (κ3) is 4.09. The van der Waals surface area contributed by atoms with E-state index in [0.29, 0.717) is 11.3 Å². The highest BCUT2D eigenvalue weighted by Gasteiger charge is 2.51. The Morgan fingerprint density at radius 1 is 0.947 bits per heavy atom. The van der Waals surface area contributed by atoms with E-state index >= 15 is 0 Å². The van der Waals surface area contributed by atoms with E-state index in [-0.39, 0.29) is 29.2 Å². The van der Waals surface area contributed by atoms with Crippen molar-refractivity contribution < 1.29 is 27.8 Å². The van der Waals surface area contributed by atoms with Crippen LogP contribution in [0.4, 0.5) is 11.4 Å². The van der Waals surface area contributed by atoms with Gasteiger partial charge in [-0.15, -0.1) is 0 Å². The molecular weight excluding hydrogens is 506 g/mol. The zero-order valence-electron chi connectivity index (χ0n) is 21.1. The first-order chi connectivity index (χ1) is 18.0. The molecular formula is C28H29N3O6S. The molecule has 38 heavy (non-hydrogen) atoms. The van der Waals surface area contributed by atoms with E-state index in [0.717, 1.165) is 24.3 Å². The maximum Gasteiger partial charge on any atom is 0.268 e. The van der Waals surface area contributed by atoms with Crippen molar-refractivity contribution in [2.45, 2.75) is 48.9 Å². The molecule has 198 valence electrons. The Balaban J connectivity index is 1.23. The van der Waals surface area contributed by atoms with E-state index in [9.17, 15) is 18.3 Å². The molecule has 10 heteroatoms. The monoisotopic (exact) mass is 535 g/mol. The minimum Gasteiger partial charge on any atom is -0.372 e. The summed E-state index contributed by atoms with van der Waals surface area (Å²) in [6, 6.07) is 20.5. The van der Waals surface area contributed by atoms with Gasteiger partial charge in [0, 0.05) is 24.3 Å². The van der Waals surface area contributed by atoms with Crippen LogP contribution >= 0.6 is 0 Å². The predicted molar refractivity (Wildman–Crippen MR) is 141 cm³/mol. The number of ether oxygens (including phenoxy) is 2. The normalized spacial score (nSPS) is 26.1. The van der Waals surface area contributed by atoms with Crippen LogP contribution in [0.1, 0.15) is 30.5 Å². The van der Waals surface area contributed by atoms with Gasteiger partial charge in [0.15, 0.2) is 11.4 Å². The molecule has 0 aliphatic carbocycles. The smallest absolute Gasteiger partial charge is 0.268 e. The number of sulfonamides is 1. The lowest BCUT2D eigenvalue weighted by molar-refractivity contribution is -0.147. The number of primary sulfonamides is 1. The Morgan fingerprint density at radius 3 is 2.16 bits per heavy atom. The number of nitrogens with two attached hydrogens (primary N) is 1. The minimum absolute atomic E-state index is 0.0418. The standard InChI is InChI=1S/C28H29N3O6S/c1-27(2)36-24-16-30(17-25(24)37-27)20-11-7-18(8-12-20)15-31-23-6-4-3-5-22(23)28(33,26(31)32)19-9-13-21(14-10-19)38(29,34)35/h3-14,24-25,33H,15-17H2,1-2H3,(H2,29,34,35)/t24-,25+,28?. The first kappa shape index (κ1) is 25.0. The highest BCUT2D eigenvalue weighted by molar-refractivity contribution is 7.89.